The van der Waals surface area contributed by atoms with E-state index in [4.69, 9.17) is 0 Å². The van der Waals surface area contributed by atoms with Crippen LogP contribution in [0.15, 0.2) is 12.1 Å². The Bertz CT molecular complexity index is 711. The first-order valence-electron chi connectivity index (χ1n) is 8.19. The standard InChI is InChI=1S/C17H20N2O4S/c1-10-5-3-4-6-12(10)19-16(22)15(21)18(17(19)23)9-13(20)14-8-7-11(2)24-14/h7-8,10,12H,3-6,9H2,1-2H3/t10-,12-/m0/s1. The molecule has 0 bridgehead atoms. The topological polar surface area (TPSA) is 74.8 Å². The van der Waals surface area contributed by atoms with Gasteiger partial charge in [0.25, 0.3) is 0 Å². The highest BCUT2D eigenvalue weighted by atomic mass is 32.1. The fraction of sp³-hybridized carbons (Fsp3) is 0.529. The molecular formula is C17H20N2O4S. The van der Waals surface area contributed by atoms with Gasteiger partial charge in [0.1, 0.15) is 0 Å². The Morgan fingerprint density at radius 3 is 2.50 bits per heavy atom. The van der Waals surface area contributed by atoms with Crippen LogP contribution < -0.4 is 0 Å². The highest BCUT2D eigenvalue weighted by Crippen LogP contribution is 2.31. The lowest BCUT2D eigenvalue weighted by Crippen LogP contribution is -2.46. The predicted octanol–water partition coefficient (Wildman–Crippen LogP) is 2.61. The molecule has 0 N–H and O–H groups in total. The van der Waals surface area contributed by atoms with Crippen molar-refractivity contribution in [3.63, 3.8) is 0 Å². The van der Waals surface area contributed by atoms with Crippen LogP contribution in [0.2, 0.25) is 0 Å². The van der Waals surface area contributed by atoms with Crippen molar-refractivity contribution in [3.05, 3.63) is 21.9 Å². The van der Waals surface area contributed by atoms with Crippen molar-refractivity contribution in [2.45, 2.75) is 45.6 Å². The van der Waals surface area contributed by atoms with Gasteiger partial charge in [-0.15, -0.1) is 11.3 Å². The van der Waals surface area contributed by atoms with Crippen molar-refractivity contribution in [2.24, 2.45) is 5.92 Å². The lowest BCUT2D eigenvalue weighted by Gasteiger charge is -2.34. The van der Waals surface area contributed by atoms with E-state index < -0.39 is 17.8 Å². The summed E-state index contributed by atoms with van der Waals surface area (Å²) in [6, 6.07) is 2.60. The molecule has 2 aliphatic rings. The zero-order valence-corrected chi connectivity index (χ0v) is 14.6. The van der Waals surface area contributed by atoms with Crippen molar-refractivity contribution in [3.8, 4) is 0 Å². The molecule has 1 aromatic heterocycles. The molecular weight excluding hydrogens is 328 g/mol. The molecule has 2 atom stereocenters. The maximum Gasteiger partial charge on any atom is 0.334 e. The van der Waals surface area contributed by atoms with E-state index >= 15 is 0 Å². The summed E-state index contributed by atoms with van der Waals surface area (Å²) >= 11 is 1.31. The molecule has 24 heavy (non-hydrogen) atoms. The van der Waals surface area contributed by atoms with Gasteiger partial charge in [-0.25, -0.2) is 9.69 Å². The van der Waals surface area contributed by atoms with Gasteiger partial charge in [-0.05, 0) is 37.8 Å². The molecule has 0 radical (unpaired) electrons. The molecule has 1 saturated heterocycles. The number of Topliss-reactive ketones (excluding diaryl/α,β-unsaturated/α-hetero) is 1. The SMILES string of the molecule is Cc1ccc(C(=O)CN2C(=O)C(=O)N([C@H]3CCCC[C@@H]3C)C2=O)s1. The molecule has 6 nitrogen and oxygen atoms in total. The smallest absolute Gasteiger partial charge is 0.291 e. The molecule has 7 heteroatoms. The van der Waals surface area contributed by atoms with Crippen LogP contribution in [0.25, 0.3) is 0 Å². The summed E-state index contributed by atoms with van der Waals surface area (Å²) in [5.74, 6) is -1.83. The number of nitrogens with zero attached hydrogens (tertiary/aromatic N) is 2. The number of amides is 4. The minimum absolute atomic E-state index is 0.176. The van der Waals surface area contributed by atoms with Gasteiger partial charge in [0, 0.05) is 10.9 Å². The second kappa shape index (κ2) is 6.47. The number of hydrogen-bond acceptors (Lipinski definition) is 5. The van der Waals surface area contributed by atoms with E-state index in [1.54, 1.807) is 6.07 Å². The highest BCUT2D eigenvalue weighted by Gasteiger charge is 2.49. The molecule has 0 spiro atoms. The Morgan fingerprint density at radius 1 is 1.17 bits per heavy atom. The lowest BCUT2D eigenvalue weighted by atomic mass is 9.85. The van der Waals surface area contributed by atoms with E-state index in [1.165, 1.54) is 11.3 Å². The number of thiophene rings is 1. The van der Waals surface area contributed by atoms with Gasteiger partial charge in [0.2, 0.25) is 0 Å². The maximum atomic E-state index is 12.6. The van der Waals surface area contributed by atoms with Gasteiger partial charge >= 0.3 is 17.8 Å². The summed E-state index contributed by atoms with van der Waals surface area (Å²) in [7, 11) is 0. The molecule has 1 saturated carbocycles. The maximum absolute atomic E-state index is 12.6. The molecule has 0 aromatic carbocycles. The van der Waals surface area contributed by atoms with Gasteiger partial charge in [-0.3, -0.25) is 19.3 Å². The Kier molecular flexibility index (Phi) is 4.54. The van der Waals surface area contributed by atoms with E-state index in [0.29, 0.717) is 4.88 Å². The summed E-state index contributed by atoms with van der Waals surface area (Å²) < 4.78 is 0. The molecule has 128 valence electrons. The number of ketones is 1. The summed E-state index contributed by atoms with van der Waals surface area (Å²) in [5, 5.41) is 0. The summed E-state index contributed by atoms with van der Waals surface area (Å²) in [5.41, 5.74) is 0. The molecule has 1 aliphatic carbocycles. The fourth-order valence-electron chi connectivity index (χ4n) is 3.44. The molecule has 4 amide bonds. The van der Waals surface area contributed by atoms with E-state index in [-0.39, 0.29) is 24.3 Å². The van der Waals surface area contributed by atoms with Gasteiger partial charge in [0.05, 0.1) is 11.4 Å². The number of aryl methyl sites for hydroxylation is 1. The monoisotopic (exact) mass is 348 g/mol. The van der Waals surface area contributed by atoms with Crippen LogP contribution >= 0.6 is 11.3 Å². The number of carbonyl (C=O) groups is 4. The average Bonchev–Trinajstić information content (AvgIpc) is 3.07. The number of rotatable bonds is 4. The third-order valence-electron chi connectivity index (χ3n) is 4.80. The minimum Gasteiger partial charge on any atom is -0.291 e. The Balaban J connectivity index is 1.77. The normalized spacial score (nSPS) is 24.8. The van der Waals surface area contributed by atoms with Gasteiger partial charge in [-0.1, -0.05) is 19.8 Å². The average molecular weight is 348 g/mol. The van der Waals surface area contributed by atoms with Crippen molar-refractivity contribution in [1.29, 1.82) is 0 Å². The molecule has 2 fully saturated rings. The molecule has 1 aromatic rings. The molecule has 3 rings (SSSR count). The highest BCUT2D eigenvalue weighted by molar-refractivity contribution is 7.14. The van der Waals surface area contributed by atoms with E-state index in [2.05, 4.69) is 0 Å². The lowest BCUT2D eigenvalue weighted by molar-refractivity contribution is -0.144. The van der Waals surface area contributed by atoms with E-state index in [1.807, 2.05) is 19.9 Å². The van der Waals surface area contributed by atoms with E-state index in [0.717, 1.165) is 40.4 Å². The predicted molar refractivity (Wildman–Crippen MR) is 88.8 cm³/mol. The van der Waals surface area contributed by atoms with Crippen molar-refractivity contribution in [1.82, 2.24) is 9.80 Å². The molecule has 0 unspecified atom stereocenters. The third-order valence-corrected chi connectivity index (χ3v) is 5.84. The molecule has 1 aliphatic heterocycles. The quantitative estimate of drug-likeness (QED) is 0.476. The second-order valence-electron chi connectivity index (χ2n) is 6.51. The van der Waals surface area contributed by atoms with Crippen LogP contribution in [0.3, 0.4) is 0 Å². The van der Waals surface area contributed by atoms with Crippen LogP contribution in [0.5, 0.6) is 0 Å². The third kappa shape index (κ3) is 2.88. The Labute approximate surface area is 144 Å². The first kappa shape index (κ1) is 16.8. The van der Waals surface area contributed by atoms with E-state index in [9.17, 15) is 19.2 Å². The molecule has 2 heterocycles. The van der Waals surface area contributed by atoms with Crippen molar-refractivity contribution >= 4 is 35.0 Å². The van der Waals surface area contributed by atoms with Crippen LogP contribution in [0, 0.1) is 12.8 Å². The Morgan fingerprint density at radius 2 is 1.88 bits per heavy atom. The Hall–Kier alpha value is -2.02. The number of carbonyl (C=O) groups excluding carboxylic acids is 4. The summed E-state index contributed by atoms with van der Waals surface area (Å²) in [4.78, 5) is 52.8. The van der Waals surface area contributed by atoms with Crippen LogP contribution in [-0.2, 0) is 9.59 Å². The number of imide groups is 2. The zero-order chi connectivity index (χ0) is 17.4. The van der Waals surface area contributed by atoms with Gasteiger partial charge < -0.3 is 0 Å². The minimum atomic E-state index is -0.889. The first-order valence-corrected chi connectivity index (χ1v) is 9.00. The first-order chi connectivity index (χ1) is 11.4. The largest absolute Gasteiger partial charge is 0.334 e. The van der Waals surface area contributed by atoms with Gasteiger partial charge in [0.15, 0.2) is 5.78 Å². The van der Waals surface area contributed by atoms with Crippen LogP contribution in [0.4, 0.5) is 4.79 Å². The number of urea groups is 1. The van der Waals surface area contributed by atoms with Crippen molar-refractivity contribution < 1.29 is 19.2 Å². The van der Waals surface area contributed by atoms with Crippen molar-refractivity contribution in [2.75, 3.05) is 6.54 Å². The fourth-order valence-corrected chi connectivity index (χ4v) is 4.24. The van der Waals surface area contributed by atoms with Crippen LogP contribution in [-0.4, -0.2) is 46.0 Å². The zero-order valence-electron chi connectivity index (χ0n) is 13.8. The number of hydrogen-bond donors (Lipinski definition) is 0. The summed E-state index contributed by atoms with van der Waals surface area (Å²) in [6.45, 7) is 3.50. The summed E-state index contributed by atoms with van der Waals surface area (Å²) in [6.07, 6.45) is 3.66. The van der Waals surface area contributed by atoms with Crippen LogP contribution in [0.1, 0.15) is 47.2 Å². The van der Waals surface area contributed by atoms with Gasteiger partial charge in [-0.2, -0.15) is 0 Å². The second-order valence-corrected chi connectivity index (χ2v) is 7.80.